The molecular weight excluding hydrogens is 396 g/mol. The number of hydrogen-bond donors (Lipinski definition) is 0. The highest BCUT2D eigenvalue weighted by Crippen LogP contribution is 2.22. The summed E-state index contributed by atoms with van der Waals surface area (Å²) in [6.07, 6.45) is 1.96. The van der Waals surface area contributed by atoms with Crippen molar-refractivity contribution in [3.8, 4) is 0 Å². The first-order valence-electron chi connectivity index (χ1n) is 10.4. The Morgan fingerprint density at radius 3 is 2.67 bits per heavy atom. The van der Waals surface area contributed by atoms with Gasteiger partial charge >= 0.3 is 0 Å². The number of hydrogen-bond acceptors (Lipinski definition) is 5. The van der Waals surface area contributed by atoms with Crippen LogP contribution in [0.3, 0.4) is 0 Å². The molecule has 1 aliphatic heterocycles. The minimum Gasteiger partial charge on any atom is -0.376 e. The zero-order chi connectivity index (χ0) is 21.1. The van der Waals surface area contributed by atoms with Crippen molar-refractivity contribution in [2.45, 2.75) is 50.4 Å². The van der Waals surface area contributed by atoms with Crippen LogP contribution in [-0.2, 0) is 11.3 Å². The second-order valence-electron chi connectivity index (χ2n) is 7.95. The maximum atomic E-state index is 13.1. The van der Waals surface area contributed by atoms with Crippen LogP contribution >= 0.6 is 11.8 Å². The fourth-order valence-electron chi connectivity index (χ4n) is 3.68. The molecular formula is C24H26N2O3S. The van der Waals surface area contributed by atoms with E-state index in [-0.39, 0.29) is 23.2 Å². The number of benzene rings is 2. The molecule has 3 aromatic rings. The molecule has 30 heavy (non-hydrogen) atoms. The number of ketones is 1. The molecule has 1 aromatic heterocycles. The van der Waals surface area contributed by atoms with Crippen molar-refractivity contribution in [1.29, 1.82) is 0 Å². The molecule has 5 nitrogen and oxygen atoms in total. The third-order valence-electron chi connectivity index (χ3n) is 5.47. The van der Waals surface area contributed by atoms with E-state index in [4.69, 9.17) is 9.72 Å². The fraction of sp³-hybridized carbons (Fsp3) is 0.375. The highest BCUT2D eigenvalue weighted by Gasteiger charge is 2.21. The van der Waals surface area contributed by atoms with Gasteiger partial charge in [0.15, 0.2) is 10.9 Å². The molecule has 1 fully saturated rings. The second-order valence-corrected chi connectivity index (χ2v) is 8.89. The summed E-state index contributed by atoms with van der Waals surface area (Å²) in [5.74, 6) is 0.691. The van der Waals surface area contributed by atoms with Crippen LogP contribution in [0, 0.1) is 0 Å². The minimum atomic E-state index is -0.0765. The largest absolute Gasteiger partial charge is 0.376 e. The van der Waals surface area contributed by atoms with E-state index in [1.165, 1.54) is 17.3 Å². The number of para-hydroxylation sites is 1. The van der Waals surface area contributed by atoms with Gasteiger partial charge < -0.3 is 4.74 Å². The molecule has 0 bridgehead atoms. The summed E-state index contributed by atoms with van der Waals surface area (Å²) < 4.78 is 7.42. The molecule has 0 radical (unpaired) electrons. The van der Waals surface area contributed by atoms with Gasteiger partial charge in [0, 0.05) is 12.2 Å². The molecule has 4 rings (SSSR count). The van der Waals surface area contributed by atoms with Gasteiger partial charge in [0.05, 0.1) is 29.3 Å². The van der Waals surface area contributed by atoms with Crippen LogP contribution in [0.1, 0.15) is 48.5 Å². The highest BCUT2D eigenvalue weighted by atomic mass is 32.2. The van der Waals surface area contributed by atoms with Crippen LogP contribution in [-0.4, -0.2) is 33.8 Å². The Balaban J connectivity index is 1.59. The lowest BCUT2D eigenvalue weighted by Gasteiger charge is -2.16. The van der Waals surface area contributed by atoms with Gasteiger partial charge in [0.2, 0.25) is 0 Å². The predicted octanol–water partition coefficient (Wildman–Crippen LogP) is 4.67. The van der Waals surface area contributed by atoms with E-state index in [1.54, 1.807) is 10.6 Å². The molecule has 1 aliphatic rings. The molecule has 0 spiro atoms. The molecule has 6 heteroatoms. The molecule has 0 aliphatic carbocycles. The topological polar surface area (TPSA) is 61.2 Å². The Morgan fingerprint density at radius 2 is 1.97 bits per heavy atom. The second kappa shape index (κ2) is 9.14. The summed E-state index contributed by atoms with van der Waals surface area (Å²) in [4.78, 5) is 30.6. The zero-order valence-electron chi connectivity index (χ0n) is 17.3. The Labute approximate surface area is 180 Å². The normalized spacial score (nSPS) is 16.4. The number of rotatable bonds is 7. The number of aromatic nitrogens is 2. The van der Waals surface area contributed by atoms with Crippen molar-refractivity contribution in [3.63, 3.8) is 0 Å². The number of carbonyl (C=O) groups excluding carboxylic acids is 1. The summed E-state index contributed by atoms with van der Waals surface area (Å²) in [5, 5.41) is 1.16. The van der Waals surface area contributed by atoms with E-state index in [1.807, 2.05) is 42.5 Å². The fourth-order valence-corrected chi connectivity index (χ4v) is 4.58. The first-order chi connectivity index (χ1) is 14.5. The average Bonchev–Trinajstić information content (AvgIpc) is 3.27. The van der Waals surface area contributed by atoms with Crippen LogP contribution < -0.4 is 5.56 Å². The lowest BCUT2D eigenvalue weighted by molar-refractivity contribution is 0.0937. The predicted molar refractivity (Wildman–Crippen MR) is 121 cm³/mol. The zero-order valence-corrected chi connectivity index (χ0v) is 18.2. The van der Waals surface area contributed by atoms with Crippen LogP contribution in [0.25, 0.3) is 10.9 Å². The summed E-state index contributed by atoms with van der Waals surface area (Å²) in [6, 6.07) is 15.1. The molecule has 2 heterocycles. The Bertz CT molecular complexity index is 1100. The van der Waals surface area contributed by atoms with E-state index < -0.39 is 0 Å². The number of nitrogens with zero attached hydrogens (tertiary/aromatic N) is 2. The lowest BCUT2D eigenvalue weighted by Crippen LogP contribution is -2.29. The van der Waals surface area contributed by atoms with Crippen LogP contribution in [0.4, 0.5) is 0 Å². The van der Waals surface area contributed by atoms with E-state index >= 15 is 0 Å². The van der Waals surface area contributed by atoms with Gasteiger partial charge in [-0.15, -0.1) is 0 Å². The molecule has 1 saturated heterocycles. The quantitative estimate of drug-likeness (QED) is 0.314. The maximum absolute atomic E-state index is 13.1. The van der Waals surface area contributed by atoms with Crippen LogP contribution in [0.15, 0.2) is 58.5 Å². The third kappa shape index (κ3) is 4.50. The van der Waals surface area contributed by atoms with Crippen molar-refractivity contribution >= 4 is 28.4 Å². The summed E-state index contributed by atoms with van der Waals surface area (Å²) in [7, 11) is 0. The Hall–Kier alpha value is -2.44. The highest BCUT2D eigenvalue weighted by molar-refractivity contribution is 7.99. The van der Waals surface area contributed by atoms with E-state index in [0.717, 1.165) is 19.4 Å². The van der Waals surface area contributed by atoms with Gasteiger partial charge in [0.25, 0.3) is 5.56 Å². The first kappa shape index (κ1) is 20.8. The number of ether oxygens (including phenoxy) is 1. The smallest absolute Gasteiger partial charge is 0.262 e. The molecule has 2 aromatic carbocycles. The standard InChI is InChI=1S/C24H26N2O3S/c1-16(2)17-9-11-18(12-10-17)22(27)15-30-24-25-21-8-4-3-7-20(21)23(28)26(24)14-19-6-5-13-29-19/h3-4,7-12,16,19H,5-6,13-15H2,1-2H3/t19-/m0/s1. The number of fused-ring (bicyclic) bond motifs is 1. The first-order valence-corrected chi connectivity index (χ1v) is 11.4. The van der Waals surface area contributed by atoms with Crippen LogP contribution in [0.5, 0.6) is 0 Å². The third-order valence-corrected chi connectivity index (χ3v) is 6.44. The SMILES string of the molecule is CC(C)c1ccc(C(=O)CSc2nc3ccccc3c(=O)n2C[C@@H]2CCCO2)cc1. The van der Waals surface area contributed by atoms with Gasteiger partial charge in [-0.25, -0.2) is 4.98 Å². The summed E-state index contributed by atoms with van der Waals surface area (Å²) in [5.41, 5.74) is 2.47. The summed E-state index contributed by atoms with van der Waals surface area (Å²) >= 11 is 1.32. The molecule has 0 unspecified atom stereocenters. The molecule has 0 saturated carbocycles. The maximum Gasteiger partial charge on any atom is 0.262 e. The van der Waals surface area contributed by atoms with E-state index in [9.17, 15) is 9.59 Å². The molecule has 1 atom stereocenters. The van der Waals surface area contributed by atoms with E-state index in [0.29, 0.717) is 34.1 Å². The van der Waals surface area contributed by atoms with Crippen molar-refractivity contribution in [2.75, 3.05) is 12.4 Å². The molecule has 156 valence electrons. The van der Waals surface area contributed by atoms with E-state index in [2.05, 4.69) is 13.8 Å². The summed E-state index contributed by atoms with van der Waals surface area (Å²) in [6.45, 7) is 5.46. The van der Waals surface area contributed by atoms with Crippen LogP contribution in [0.2, 0.25) is 0 Å². The van der Waals surface area contributed by atoms with Gasteiger partial charge in [-0.1, -0.05) is 62.0 Å². The van der Waals surface area contributed by atoms with Gasteiger partial charge in [-0.05, 0) is 36.5 Å². The monoisotopic (exact) mass is 422 g/mol. The van der Waals surface area contributed by atoms with Gasteiger partial charge in [-0.3, -0.25) is 14.2 Å². The Kier molecular flexibility index (Phi) is 6.35. The van der Waals surface area contributed by atoms with Gasteiger partial charge in [-0.2, -0.15) is 0 Å². The molecule has 0 N–H and O–H groups in total. The number of Topliss-reactive ketones (excluding diaryl/α,β-unsaturated/α-hetero) is 1. The van der Waals surface area contributed by atoms with Crippen molar-refractivity contribution in [2.24, 2.45) is 0 Å². The number of thioether (sulfide) groups is 1. The van der Waals surface area contributed by atoms with Crippen molar-refractivity contribution < 1.29 is 9.53 Å². The van der Waals surface area contributed by atoms with Crippen molar-refractivity contribution in [3.05, 3.63) is 70.0 Å². The Morgan fingerprint density at radius 1 is 1.20 bits per heavy atom. The van der Waals surface area contributed by atoms with Gasteiger partial charge in [0.1, 0.15) is 0 Å². The lowest BCUT2D eigenvalue weighted by atomic mass is 10.0. The number of carbonyl (C=O) groups is 1. The minimum absolute atomic E-state index is 0.0179. The van der Waals surface area contributed by atoms with Crippen molar-refractivity contribution in [1.82, 2.24) is 9.55 Å². The average molecular weight is 423 g/mol. The molecule has 0 amide bonds.